The van der Waals surface area contributed by atoms with Crippen LogP contribution in [0.2, 0.25) is 0 Å². The minimum absolute atomic E-state index is 0.465. The van der Waals surface area contributed by atoms with Gasteiger partial charge in [0.25, 0.3) is 0 Å². The molecular formula is C15H16N2O2. The predicted octanol–water partition coefficient (Wildman–Crippen LogP) is 4.19. The zero-order valence-corrected chi connectivity index (χ0v) is 11.2. The maximum Gasteiger partial charge on any atom is 0.110 e. The highest BCUT2D eigenvalue weighted by atomic mass is 16.5. The SMILES string of the molecule is Cc1cc(-c2ccc(N(C)O)c(C)c2)ccc1N=O. The Labute approximate surface area is 112 Å². The van der Waals surface area contributed by atoms with Crippen molar-refractivity contribution in [2.75, 3.05) is 12.1 Å². The minimum Gasteiger partial charge on any atom is -0.289 e. The van der Waals surface area contributed by atoms with Gasteiger partial charge in [-0.15, -0.1) is 4.91 Å². The second-order valence-electron chi connectivity index (χ2n) is 4.62. The van der Waals surface area contributed by atoms with Crippen molar-refractivity contribution in [3.05, 3.63) is 52.4 Å². The van der Waals surface area contributed by atoms with Crippen LogP contribution in [0.5, 0.6) is 0 Å². The second-order valence-corrected chi connectivity index (χ2v) is 4.62. The average molecular weight is 256 g/mol. The van der Waals surface area contributed by atoms with Crippen molar-refractivity contribution in [3.8, 4) is 11.1 Å². The molecule has 2 aromatic rings. The van der Waals surface area contributed by atoms with Gasteiger partial charge in [0.1, 0.15) is 5.69 Å². The first-order chi connectivity index (χ1) is 9.02. The summed E-state index contributed by atoms with van der Waals surface area (Å²) in [5.41, 5.74) is 5.15. The summed E-state index contributed by atoms with van der Waals surface area (Å²) in [6.07, 6.45) is 0. The number of nitroso groups, excluding NO2 is 1. The zero-order chi connectivity index (χ0) is 14.0. The number of hydrogen-bond donors (Lipinski definition) is 1. The lowest BCUT2D eigenvalue weighted by Gasteiger charge is -2.14. The summed E-state index contributed by atoms with van der Waals surface area (Å²) < 4.78 is 0. The van der Waals surface area contributed by atoms with Crippen LogP contribution < -0.4 is 5.06 Å². The molecule has 0 atom stereocenters. The molecule has 0 aliphatic heterocycles. The molecule has 0 aliphatic rings. The average Bonchev–Trinajstić information content (AvgIpc) is 2.38. The summed E-state index contributed by atoms with van der Waals surface area (Å²) in [6.45, 7) is 3.81. The first-order valence-electron chi connectivity index (χ1n) is 6.00. The van der Waals surface area contributed by atoms with E-state index >= 15 is 0 Å². The molecule has 0 aliphatic carbocycles. The molecular weight excluding hydrogens is 240 g/mol. The third kappa shape index (κ3) is 2.63. The number of hydroxylamine groups is 1. The summed E-state index contributed by atoms with van der Waals surface area (Å²) in [4.78, 5) is 10.6. The van der Waals surface area contributed by atoms with E-state index in [0.29, 0.717) is 5.69 Å². The van der Waals surface area contributed by atoms with Crippen molar-refractivity contribution < 1.29 is 5.21 Å². The van der Waals surface area contributed by atoms with E-state index in [1.165, 1.54) is 0 Å². The van der Waals surface area contributed by atoms with Crippen LogP contribution >= 0.6 is 0 Å². The Hall–Kier alpha value is -2.20. The predicted molar refractivity (Wildman–Crippen MR) is 77.0 cm³/mol. The fourth-order valence-electron chi connectivity index (χ4n) is 2.14. The summed E-state index contributed by atoms with van der Waals surface area (Å²) >= 11 is 0. The van der Waals surface area contributed by atoms with Crippen molar-refractivity contribution in [3.63, 3.8) is 0 Å². The van der Waals surface area contributed by atoms with E-state index in [9.17, 15) is 10.1 Å². The van der Waals surface area contributed by atoms with E-state index in [1.807, 2.05) is 44.2 Å². The van der Waals surface area contributed by atoms with Gasteiger partial charge in [-0.1, -0.05) is 12.1 Å². The summed E-state index contributed by atoms with van der Waals surface area (Å²) in [5, 5.41) is 13.5. The maximum atomic E-state index is 10.6. The Kier molecular flexibility index (Phi) is 3.62. The van der Waals surface area contributed by atoms with Gasteiger partial charge in [0, 0.05) is 7.05 Å². The van der Waals surface area contributed by atoms with Crippen LogP contribution in [0.3, 0.4) is 0 Å². The highest BCUT2D eigenvalue weighted by Crippen LogP contribution is 2.29. The largest absolute Gasteiger partial charge is 0.289 e. The lowest BCUT2D eigenvalue weighted by molar-refractivity contribution is 0.279. The van der Waals surface area contributed by atoms with Gasteiger partial charge in [-0.3, -0.25) is 10.3 Å². The first kappa shape index (κ1) is 13.2. The fraction of sp³-hybridized carbons (Fsp3) is 0.200. The number of nitrogens with zero attached hydrogens (tertiary/aromatic N) is 2. The van der Waals surface area contributed by atoms with Gasteiger partial charge in [-0.2, -0.15) is 0 Å². The Morgan fingerprint density at radius 2 is 1.58 bits per heavy atom. The molecule has 2 aromatic carbocycles. The topological polar surface area (TPSA) is 52.9 Å². The monoisotopic (exact) mass is 256 g/mol. The van der Waals surface area contributed by atoms with Crippen molar-refractivity contribution in [1.82, 2.24) is 0 Å². The van der Waals surface area contributed by atoms with E-state index in [1.54, 1.807) is 13.1 Å². The lowest BCUT2D eigenvalue weighted by atomic mass is 10.00. The molecule has 0 unspecified atom stereocenters. The highest BCUT2D eigenvalue weighted by molar-refractivity contribution is 5.70. The van der Waals surface area contributed by atoms with Crippen LogP contribution in [0.1, 0.15) is 11.1 Å². The molecule has 98 valence electrons. The van der Waals surface area contributed by atoms with Crippen molar-refractivity contribution in [2.24, 2.45) is 5.18 Å². The number of anilines is 1. The molecule has 2 rings (SSSR count). The molecule has 19 heavy (non-hydrogen) atoms. The molecule has 0 amide bonds. The van der Waals surface area contributed by atoms with Crippen LogP contribution in [0, 0.1) is 18.8 Å². The molecule has 0 saturated carbocycles. The highest BCUT2D eigenvalue weighted by Gasteiger charge is 2.06. The third-order valence-electron chi connectivity index (χ3n) is 3.17. The van der Waals surface area contributed by atoms with E-state index in [4.69, 9.17) is 0 Å². The van der Waals surface area contributed by atoms with E-state index in [0.717, 1.165) is 33.0 Å². The zero-order valence-electron chi connectivity index (χ0n) is 11.2. The second kappa shape index (κ2) is 5.20. The van der Waals surface area contributed by atoms with Gasteiger partial charge in [0.15, 0.2) is 0 Å². The Morgan fingerprint density at radius 3 is 2.05 bits per heavy atom. The quantitative estimate of drug-likeness (QED) is 0.661. The van der Waals surface area contributed by atoms with Gasteiger partial charge in [-0.25, -0.2) is 0 Å². The van der Waals surface area contributed by atoms with E-state index < -0.39 is 0 Å². The third-order valence-corrected chi connectivity index (χ3v) is 3.17. The maximum absolute atomic E-state index is 10.6. The Balaban J connectivity index is 2.45. The Bertz CT molecular complexity index is 622. The number of rotatable bonds is 3. The number of aryl methyl sites for hydroxylation is 2. The fourth-order valence-corrected chi connectivity index (χ4v) is 2.14. The molecule has 0 bridgehead atoms. The van der Waals surface area contributed by atoms with Crippen molar-refractivity contribution in [2.45, 2.75) is 13.8 Å². The number of hydrogen-bond acceptors (Lipinski definition) is 4. The molecule has 0 aromatic heterocycles. The summed E-state index contributed by atoms with van der Waals surface area (Å²) in [7, 11) is 1.59. The molecule has 0 fully saturated rings. The smallest absolute Gasteiger partial charge is 0.110 e. The standard InChI is InChI=1S/C15H16N2O2/c1-10-8-12(4-6-14(10)16-18)13-5-7-15(17(3)19)11(2)9-13/h4-9,19H,1-3H3. The summed E-state index contributed by atoms with van der Waals surface area (Å²) in [5.74, 6) is 0. The molecule has 0 heterocycles. The van der Waals surface area contributed by atoms with Gasteiger partial charge in [0.05, 0.1) is 5.69 Å². The van der Waals surface area contributed by atoms with E-state index in [2.05, 4.69) is 5.18 Å². The molecule has 1 N–H and O–H groups in total. The first-order valence-corrected chi connectivity index (χ1v) is 6.00. The Morgan fingerprint density at radius 1 is 1.00 bits per heavy atom. The van der Waals surface area contributed by atoms with Gasteiger partial charge < -0.3 is 0 Å². The van der Waals surface area contributed by atoms with Crippen LogP contribution in [-0.4, -0.2) is 12.3 Å². The minimum atomic E-state index is 0.465. The molecule has 0 spiro atoms. The molecule has 0 radical (unpaired) electrons. The van der Waals surface area contributed by atoms with Crippen LogP contribution in [0.4, 0.5) is 11.4 Å². The van der Waals surface area contributed by atoms with Gasteiger partial charge in [0.2, 0.25) is 0 Å². The summed E-state index contributed by atoms with van der Waals surface area (Å²) in [6, 6.07) is 11.3. The molecule has 4 nitrogen and oxygen atoms in total. The lowest BCUT2D eigenvalue weighted by Crippen LogP contribution is -2.11. The van der Waals surface area contributed by atoms with Crippen LogP contribution in [0.15, 0.2) is 41.6 Å². The van der Waals surface area contributed by atoms with E-state index in [-0.39, 0.29) is 0 Å². The molecule has 4 heteroatoms. The van der Waals surface area contributed by atoms with Crippen molar-refractivity contribution in [1.29, 1.82) is 0 Å². The van der Waals surface area contributed by atoms with Gasteiger partial charge >= 0.3 is 0 Å². The normalized spacial score (nSPS) is 10.3. The van der Waals surface area contributed by atoms with Gasteiger partial charge in [-0.05, 0) is 65.5 Å². The van der Waals surface area contributed by atoms with Crippen LogP contribution in [-0.2, 0) is 0 Å². The number of benzene rings is 2. The molecule has 0 saturated heterocycles. The van der Waals surface area contributed by atoms with Crippen molar-refractivity contribution >= 4 is 11.4 Å². The van der Waals surface area contributed by atoms with Crippen LogP contribution in [0.25, 0.3) is 11.1 Å².